The Balaban J connectivity index is 2.40. The molecule has 0 heterocycles. The van der Waals surface area contributed by atoms with Crippen molar-refractivity contribution in [1.29, 1.82) is 0 Å². The lowest BCUT2D eigenvalue weighted by atomic mass is 9.83. The standard InChI is InChI=1S/C18H24O4/c1-21-16(19)18(17(20)22-2)12-10-14-8-6-4-3-5-7-9-15(14)11-13-18/h8-10,12H,3-7,11,13H2,1-2H3/b14-8-,15-9-. The number of allylic oxidation sites excluding steroid dienone is 5. The average Bonchev–Trinajstić information content (AvgIpc) is 2.64. The van der Waals surface area contributed by atoms with Gasteiger partial charge in [0.15, 0.2) is 5.41 Å². The van der Waals surface area contributed by atoms with Gasteiger partial charge in [-0.3, -0.25) is 9.59 Å². The second-order valence-electron chi connectivity index (χ2n) is 5.81. The van der Waals surface area contributed by atoms with Gasteiger partial charge in [-0.25, -0.2) is 0 Å². The van der Waals surface area contributed by atoms with E-state index < -0.39 is 17.4 Å². The van der Waals surface area contributed by atoms with E-state index in [1.807, 2.05) is 6.08 Å². The molecular weight excluding hydrogens is 280 g/mol. The molecule has 0 spiro atoms. The van der Waals surface area contributed by atoms with Crippen LogP contribution < -0.4 is 0 Å². The molecule has 0 aromatic heterocycles. The smallest absolute Gasteiger partial charge is 0.327 e. The van der Waals surface area contributed by atoms with Crippen molar-refractivity contribution in [3.8, 4) is 0 Å². The van der Waals surface area contributed by atoms with Crippen LogP contribution in [0.5, 0.6) is 0 Å². The monoisotopic (exact) mass is 304 g/mol. The normalized spacial score (nSPS) is 25.7. The molecule has 0 atom stereocenters. The largest absolute Gasteiger partial charge is 0.468 e. The summed E-state index contributed by atoms with van der Waals surface area (Å²) < 4.78 is 9.73. The van der Waals surface area contributed by atoms with Gasteiger partial charge >= 0.3 is 11.9 Å². The number of fused-ring (bicyclic) bond motifs is 1. The first-order chi connectivity index (χ1) is 10.6. The predicted octanol–water partition coefficient (Wildman–Crippen LogP) is 3.49. The van der Waals surface area contributed by atoms with E-state index in [2.05, 4.69) is 12.2 Å². The van der Waals surface area contributed by atoms with Crippen LogP contribution in [-0.4, -0.2) is 26.2 Å². The fraction of sp³-hybridized carbons (Fsp3) is 0.556. The van der Waals surface area contributed by atoms with Gasteiger partial charge in [0.2, 0.25) is 0 Å². The number of rotatable bonds is 2. The Morgan fingerprint density at radius 1 is 1.00 bits per heavy atom. The molecule has 2 aliphatic rings. The Hall–Kier alpha value is -1.84. The van der Waals surface area contributed by atoms with E-state index in [9.17, 15) is 9.59 Å². The number of carbonyl (C=O) groups excluding carboxylic acids is 2. The molecule has 0 bridgehead atoms. The highest BCUT2D eigenvalue weighted by Crippen LogP contribution is 2.37. The molecule has 0 fully saturated rings. The van der Waals surface area contributed by atoms with Crippen LogP contribution in [0.15, 0.2) is 35.5 Å². The molecule has 2 rings (SSSR count). The molecule has 4 nitrogen and oxygen atoms in total. The summed E-state index contributed by atoms with van der Waals surface area (Å²) in [5, 5.41) is 0. The van der Waals surface area contributed by atoms with Gasteiger partial charge < -0.3 is 9.47 Å². The maximum atomic E-state index is 12.2. The third-order valence-electron chi connectivity index (χ3n) is 4.47. The first kappa shape index (κ1) is 16.5. The summed E-state index contributed by atoms with van der Waals surface area (Å²) in [6, 6.07) is 0. The number of hydrogen-bond acceptors (Lipinski definition) is 4. The zero-order valence-corrected chi connectivity index (χ0v) is 13.4. The Morgan fingerprint density at radius 3 is 2.27 bits per heavy atom. The maximum absolute atomic E-state index is 12.2. The van der Waals surface area contributed by atoms with Gasteiger partial charge in [-0.1, -0.05) is 30.7 Å². The summed E-state index contributed by atoms with van der Waals surface area (Å²) in [6.07, 6.45) is 14.7. The topological polar surface area (TPSA) is 52.6 Å². The molecule has 22 heavy (non-hydrogen) atoms. The summed E-state index contributed by atoms with van der Waals surface area (Å²) in [5.41, 5.74) is 1.01. The van der Waals surface area contributed by atoms with Crippen LogP contribution >= 0.6 is 0 Å². The van der Waals surface area contributed by atoms with E-state index in [0.29, 0.717) is 12.8 Å². The van der Waals surface area contributed by atoms with E-state index >= 15 is 0 Å². The Bertz CT molecular complexity index is 509. The summed E-state index contributed by atoms with van der Waals surface area (Å²) in [6.45, 7) is 0. The first-order valence-electron chi connectivity index (χ1n) is 7.89. The van der Waals surface area contributed by atoms with Crippen molar-refractivity contribution in [2.24, 2.45) is 5.41 Å². The molecule has 4 heteroatoms. The van der Waals surface area contributed by atoms with Gasteiger partial charge in [0, 0.05) is 0 Å². The van der Waals surface area contributed by atoms with Crippen molar-refractivity contribution >= 4 is 11.9 Å². The van der Waals surface area contributed by atoms with Gasteiger partial charge in [0.25, 0.3) is 0 Å². The highest BCUT2D eigenvalue weighted by molar-refractivity contribution is 6.02. The quantitative estimate of drug-likeness (QED) is 0.579. The molecule has 0 aromatic rings. The van der Waals surface area contributed by atoms with E-state index in [1.165, 1.54) is 39.1 Å². The SMILES string of the molecule is COC(=O)C1(C(=O)OC)C=CC2=C/CCCCC/C=C\2CC1. The van der Waals surface area contributed by atoms with Crippen molar-refractivity contribution in [3.63, 3.8) is 0 Å². The summed E-state index contributed by atoms with van der Waals surface area (Å²) in [7, 11) is 2.61. The number of ether oxygens (including phenoxy) is 2. The molecule has 0 N–H and O–H groups in total. The highest BCUT2D eigenvalue weighted by Gasteiger charge is 2.46. The number of hydrogen-bond donors (Lipinski definition) is 0. The van der Waals surface area contributed by atoms with Crippen molar-refractivity contribution in [1.82, 2.24) is 0 Å². The van der Waals surface area contributed by atoms with Crippen molar-refractivity contribution in [2.45, 2.75) is 44.9 Å². The van der Waals surface area contributed by atoms with Crippen LogP contribution in [0, 0.1) is 5.41 Å². The summed E-state index contributed by atoms with van der Waals surface area (Å²) in [4.78, 5) is 24.5. The zero-order valence-electron chi connectivity index (χ0n) is 13.4. The molecule has 120 valence electrons. The van der Waals surface area contributed by atoms with Crippen LogP contribution in [0.4, 0.5) is 0 Å². The molecule has 0 radical (unpaired) electrons. The molecule has 0 unspecified atom stereocenters. The Labute approximate surface area is 131 Å². The van der Waals surface area contributed by atoms with Crippen LogP contribution in [-0.2, 0) is 19.1 Å². The molecule has 0 saturated heterocycles. The summed E-state index contributed by atoms with van der Waals surface area (Å²) >= 11 is 0. The number of methoxy groups -OCH3 is 2. The van der Waals surface area contributed by atoms with Crippen LogP contribution in [0.2, 0.25) is 0 Å². The van der Waals surface area contributed by atoms with E-state index in [4.69, 9.17) is 9.47 Å². The third-order valence-corrected chi connectivity index (χ3v) is 4.47. The van der Waals surface area contributed by atoms with Crippen molar-refractivity contribution in [2.75, 3.05) is 14.2 Å². The molecule has 0 amide bonds. The predicted molar refractivity (Wildman–Crippen MR) is 84.1 cm³/mol. The fourth-order valence-corrected chi connectivity index (χ4v) is 3.10. The van der Waals surface area contributed by atoms with Gasteiger partial charge in [-0.05, 0) is 49.7 Å². The van der Waals surface area contributed by atoms with Gasteiger partial charge in [-0.15, -0.1) is 0 Å². The lowest BCUT2D eigenvalue weighted by Crippen LogP contribution is -2.39. The number of esters is 2. The second-order valence-corrected chi connectivity index (χ2v) is 5.81. The fourth-order valence-electron chi connectivity index (χ4n) is 3.10. The Morgan fingerprint density at radius 2 is 1.64 bits per heavy atom. The van der Waals surface area contributed by atoms with Crippen LogP contribution in [0.3, 0.4) is 0 Å². The minimum atomic E-state index is -1.33. The average molecular weight is 304 g/mol. The maximum Gasteiger partial charge on any atom is 0.327 e. The summed E-state index contributed by atoms with van der Waals surface area (Å²) in [5.74, 6) is -1.11. The van der Waals surface area contributed by atoms with Crippen LogP contribution in [0.1, 0.15) is 44.9 Å². The van der Waals surface area contributed by atoms with Crippen molar-refractivity contribution in [3.05, 3.63) is 35.5 Å². The molecule has 0 saturated carbocycles. The zero-order chi connectivity index (χ0) is 16.0. The van der Waals surface area contributed by atoms with Crippen LogP contribution in [0.25, 0.3) is 0 Å². The third kappa shape index (κ3) is 3.32. The van der Waals surface area contributed by atoms with Gasteiger partial charge in [0.05, 0.1) is 14.2 Å². The highest BCUT2D eigenvalue weighted by atomic mass is 16.5. The molecule has 2 aliphatic carbocycles. The van der Waals surface area contributed by atoms with E-state index in [0.717, 1.165) is 18.4 Å². The minimum absolute atomic E-state index is 0.381. The van der Waals surface area contributed by atoms with Gasteiger partial charge in [0.1, 0.15) is 0 Å². The Kier molecular flexibility index (Phi) is 5.58. The first-order valence-corrected chi connectivity index (χ1v) is 7.89. The lowest BCUT2D eigenvalue weighted by molar-refractivity contribution is -0.165. The number of carbonyl (C=O) groups is 2. The second kappa shape index (κ2) is 7.43. The molecular formula is C18H24O4. The minimum Gasteiger partial charge on any atom is -0.468 e. The molecule has 0 aliphatic heterocycles. The van der Waals surface area contributed by atoms with E-state index in [1.54, 1.807) is 6.08 Å². The molecule has 0 aromatic carbocycles. The lowest BCUT2D eigenvalue weighted by Gasteiger charge is -2.23. The van der Waals surface area contributed by atoms with E-state index in [-0.39, 0.29) is 0 Å². The van der Waals surface area contributed by atoms with Gasteiger partial charge in [-0.2, -0.15) is 0 Å². The van der Waals surface area contributed by atoms with Crippen molar-refractivity contribution < 1.29 is 19.1 Å².